The summed E-state index contributed by atoms with van der Waals surface area (Å²) in [6.45, 7) is 8.46. The molecule has 0 saturated carbocycles. The van der Waals surface area contributed by atoms with Gasteiger partial charge in [-0.2, -0.15) is 0 Å². The van der Waals surface area contributed by atoms with Crippen LogP contribution in [0.5, 0.6) is 11.5 Å². The number of fused-ring (bicyclic) bond motifs is 1. The lowest BCUT2D eigenvalue weighted by Gasteiger charge is -2.33. The first-order valence-electron chi connectivity index (χ1n) is 12.4. The predicted molar refractivity (Wildman–Crippen MR) is 131 cm³/mol. The van der Waals surface area contributed by atoms with E-state index in [0.29, 0.717) is 11.3 Å². The first-order valence-corrected chi connectivity index (χ1v) is 12.4. The van der Waals surface area contributed by atoms with Gasteiger partial charge in [0, 0.05) is 17.0 Å². The van der Waals surface area contributed by atoms with Crippen molar-refractivity contribution in [2.75, 3.05) is 0 Å². The van der Waals surface area contributed by atoms with Gasteiger partial charge in [-0.1, -0.05) is 61.7 Å². The van der Waals surface area contributed by atoms with Gasteiger partial charge in [0.1, 0.15) is 17.1 Å². The van der Waals surface area contributed by atoms with Gasteiger partial charge < -0.3 is 14.2 Å². The first kappa shape index (κ1) is 23.4. The highest BCUT2D eigenvalue weighted by molar-refractivity contribution is 5.96. The van der Waals surface area contributed by atoms with Crippen molar-refractivity contribution in [2.45, 2.75) is 91.0 Å². The monoisotopic (exact) mass is 448 g/mol. The number of benzene rings is 2. The molecule has 0 N–H and O–H groups in total. The van der Waals surface area contributed by atoms with Crippen LogP contribution < -0.4 is 9.47 Å². The molecule has 4 heteroatoms. The van der Waals surface area contributed by atoms with E-state index >= 15 is 0 Å². The van der Waals surface area contributed by atoms with Crippen molar-refractivity contribution in [3.63, 3.8) is 0 Å². The van der Waals surface area contributed by atoms with E-state index in [2.05, 4.69) is 26.0 Å². The molecule has 33 heavy (non-hydrogen) atoms. The quantitative estimate of drug-likeness (QED) is 0.236. The Morgan fingerprint density at radius 2 is 1.91 bits per heavy atom. The molecule has 0 spiro atoms. The summed E-state index contributed by atoms with van der Waals surface area (Å²) in [6, 6.07) is 11.8. The maximum Gasteiger partial charge on any atom is 0.345 e. The molecule has 1 heterocycles. The molecule has 4 nitrogen and oxygen atoms in total. The van der Waals surface area contributed by atoms with Crippen LogP contribution in [0.1, 0.15) is 105 Å². The fourth-order valence-corrected chi connectivity index (χ4v) is 4.88. The lowest BCUT2D eigenvalue weighted by atomic mass is 9.82. The standard InChI is InChI=1S/C29H36O4/c1-5-6-8-15-23-18-24(31-19(2)3)25(22-16-11-12-20(4)17-22)27-26(23)28(30)33-29(32-27)21-13-9-7-10-14-21/h7,9-10,13-14,17-19,22,29H,5-6,8,11-12,15-16H2,1-4H3/t22-,29?/m0/s1. The summed E-state index contributed by atoms with van der Waals surface area (Å²) in [6.07, 6.45) is 8.90. The van der Waals surface area contributed by atoms with E-state index in [0.717, 1.165) is 67.4 Å². The summed E-state index contributed by atoms with van der Waals surface area (Å²) in [4.78, 5) is 13.4. The SMILES string of the molecule is CCCCCc1cc(OC(C)C)c([C@@H]2C=C(C)CCC2)c2c1C(=O)OC(c1ccccc1)O2. The Bertz CT molecular complexity index is 1010. The first-order chi connectivity index (χ1) is 16.0. The van der Waals surface area contributed by atoms with Crippen LogP contribution in [-0.4, -0.2) is 12.1 Å². The second-order valence-corrected chi connectivity index (χ2v) is 9.55. The van der Waals surface area contributed by atoms with Crippen LogP contribution >= 0.6 is 0 Å². The van der Waals surface area contributed by atoms with Crippen LogP contribution in [0.2, 0.25) is 0 Å². The summed E-state index contributed by atoms with van der Waals surface area (Å²) in [5.41, 5.74) is 4.75. The summed E-state index contributed by atoms with van der Waals surface area (Å²) < 4.78 is 18.7. The average molecular weight is 449 g/mol. The zero-order chi connectivity index (χ0) is 23.4. The minimum absolute atomic E-state index is 0.0272. The molecule has 2 aromatic rings. The number of ether oxygens (including phenoxy) is 3. The van der Waals surface area contributed by atoms with Gasteiger partial charge in [0.25, 0.3) is 6.29 Å². The van der Waals surface area contributed by atoms with Gasteiger partial charge in [0.15, 0.2) is 0 Å². The Labute approximate surface area is 197 Å². The molecule has 0 radical (unpaired) electrons. The molecule has 0 amide bonds. The van der Waals surface area contributed by atoms with Gasteiger partial charge in [-0.15, -0.1) is 0 Å². The van der Waals surface area contributed by atoms with Crippen molar-refractivity contribution < 1.29 is 19.0 Å². The second-order valence-electron chi connectivity index (χ2n) is 9.55. The lowest BCUT2D eigenvalue weighted by molar-refractivity contribution is -0.0633. The maximum absolute atomic E-state index is 13.4. The molecule has 2 aliphatic rings. The molecule has 0 aromatic heterocycles. The zero-order valence-corrected chi connectivity index (χ0v) is 20.4. The minimum atomic E-state index is -0.753. The predicted octanol–water partition coefficient (Wildman–Crippen LogP) is 7.67. The Kier molecular flexibility index (Phi) is 7.42. The molecule has 176 valence electrons. The van der Waals surface area contributed by atoms with Crippen LogP contribution in [-0.2, 0) is 11.2 Å². The van der Waals surface area contributed by atoms with Crippen LogP contribution in [0.15, 0.2) is 48.0 Å². The van der Waals surface area contributed by atoms with Crippen molar-refractivity contribution in [3.05, 3.63) is 70.3 Å². The van der Waals surface area contributed by atoms with Crippen molar-refractivity contribution >= 4 is 5.97 Å². The number of carbonyl (C=O) groups is 1. The van der Waals surface area contributed by atoms with E-state index < -0.39 is 6.29 Å². The Balaban J connectivity index is 1.87. The van der Waals surface area contributed by atoms with E-state index in [1.165, 1.54) is 5.57 Å². The van der Waals surface area contributed by atoms with Gasteiger partial charge in [0.05, 0.1) is 6.10 Å². The third-order valence-electron chi connectivity index (χ3n) is 6.43. The van der Waals surface area contributed by atoms with E-state index in [1.807, 2.05) is 44.2 Å². The maximum atomic E-state index is 13.4. The van der Waals surface area contributed by atoms with Gasteiger partial charge >= 0.3 is 5.97 Å². The molecule has 0 bridgehead atoms. The number of hydrogen-bond donors (Lipinski definition) is 0. The van der Waals surface area contributed by atoms with E-state index in [-0.39, 0.29) is 18.0 Å². The summed E-state index contributed by atoms with van der Waals surface area (Å²) in [7, 11) is 0. The number of rotatable bonds is 8. The smallest absolute Gasteiger partial charge is 0.345 e. The molecule has 2 atom stereocenters. The van der Waals surface area contributed by atoms with Crippen LogP contribution in [0.4, 0.5) is 0 Å². The molecule has 2 aromatic carbocycles. The summed E-state index contributed by atoms with van der Waals surface area (Å²) >= 11 is 0. The Morgan fingerprint density at radius 1 is 1.12 bits per heavy atom. The van der Waals surface area contributed by atoms with Crippen LogP contribution in [0.25, 0.3) is 0 Å². The minimum Gasteiger partial charge on any atom is -0.491 e. The molecule has 1 unspecified atom stereocenters. The number of hydrogen-bond acceptors (Lipinski definition) is 4. The van der Waals surface area contributed by atoms with Crippen molar-refractivity contribution in [1.29, 1.82) is 0 Å². The van der Waals surface area contributed by atoms with E-state index in [4.69, 9.17) is 14.2 Å². The zero-order valence-electron chi connectivity index (χ0n) is 20.4. The normalized spacial score (nSPS) is 20.0. The molecule has 4 rings (SSSR count). The summed E-state index contributed by atoms with van der Waals surface area (Å²) in [5.74, 6) is 1.35. The van der Waals surface area contributed by atoms with Gasteiger partial charge in [0.2, 0.25) is 0 Å². The van der Waals surface area contributed by atoms with Crippen LogP contribution in [0, 0.1) is 0 Å². The fraction of sp³-hybridized carbons (Fsp3) is 0.483. The summed E-state index contributed by atoms with van der Waals surface area (Å²) in [5, 5.41) is 0. The average Bonchev–Trinajstić information content (AvgIpc) is 2.79. The van der Waals surface area contributed by atoms with E-state index in [1.54, 1.807) is 0 Å². The second kappa shape index (κ2) is 10.5. The number of cyclic esters (lactones) is 1. The highest BCUT2D eigenvalue weighted by Crippen LogP contribution is 2.48. The lowest BCUT2D eigenvalue weighted by Crippen LogP contribution is -2.27. The molecular weight excluding hydrogens is 412 g/mol. The van der Waals surface area contributed by atoms with E-state index in [9.17, 15) is 4.79 Å². The highest BCUT2D eigenvalue weighted by atomic mass is 16.7. The Morgan fingerprint density at radius 3 is 2.61 bits per heavy atom. The highest BCUT2D eigenvalue weighted by Gasteiger charge is 2.37. The van der Waals surface area contributed by atoms with Crippen LogP contribution in [0.3, 0.4) is 0 Å². The number of unbranched alkanes of at least 4 members (excludes halogenated alkanes) is 2. The number of esters is 1. The number of allylic oxidation sites excluding steroid dienone is 2. The van der Waals surface area contributed by atoms with Crippen molar-refractivity contribution in [1.82, 2.24) is 0 Å². The van der Waals surface area contributed by atoms with Gasteiger partial charge in [-0.25, -0.2) is 4.79 Å². The molecule has 1 aliphatic heterocycles. The third kappa shape index (κ3) is 5.26. The largest absolute Gasteiger partial charge is 0.491 e. The topological polar surface area (TPSA) is 44.8 Å². The number of aryl methyl sites for hydroxylation is 1. The molecule has 0 fully saturated rings. The fourth-order valence-electron chi connectivity index (χ4n) is 4.88. The van der Waals surface area contributed by atoms with Crippen molar-refractivity contribution in [3.8, 4) is 11.5 Å². The molecule has 0 saturated heterocycles. The number of carbonyl (C=O) groups excluding carboxylic acids is 1. The van der Waals surface area contributed by atoms with Gasteiger partial charge in [-0.3, -0.25) is 0 Å². The van der Waals surface area contributed by atoms with Gasteiger partial charge in [-0.05, 0) is 64.5 Å². The van der Waals surface area contributed by atoms with Crippen molar-refractivity contribution in [2.24, 2.45) is 0 Å². The molecule has 1 aliphatic carbocycles. The molecular formula is C29H36O4. The Hall–Kier alpha value is -2.75. The third-order valence-corrected chi connectivity index (χ3v) is 6.43.